The summed E-state index contributed by atoms with van der Waals surface area (Å²) in [4.78, 5) is 0. The molecule has 1 aliphatic rings. The molecule has 0 aliphatic carbocycles. The summed E-state index contributed by atoms with van der Waals surface area (Å²) in [6.45, 7) is 1.52. The van der Waals surface area contributed by atoms with Crippen molar-refractivity contribution in [3.63, 3.8) is 0 Å². The molecule has 1 fully saturated rings. The zero-order valence-electron chi connectivity index (χ0n) is 11.0. The molecule has 0 atom stereocenters. The molecule has 4 nitrogen and oxygen atoms in total. The van der Waals surface area contributed by atoms with Gasteiger partial charge in [-0.15, -0.1) is 13.2 Å². The van der Waals surface area contributed by atoms with Crippen LogP contribution in [-0.2, 0) is 0 Å². The minimum absolute atomic E-state index is 0.0978. The fraction of sp³-hybridized carbons (Fsp3) is 0.538. The summed E-state index contributed by atoms with van der Waals surface area (Å²) in [5.41, 5.74) is -0.904. The van der Waals surface area contributed by atoms with Crippen LogP contribution in [0.15, 0.2) is 22.7 Å². The molecule has 1 aromatic rings. The van der Waals surface area contributed by atoms with Gasteiger partial charge in [-0.2, -0.15) is 0 Å². The van der Waals surface area contributed by atoms with Crippen molar-refractivity contribution in [3.8, 4) is 11.5 Å². The van der Waals surface area contributed by atoms with Crippen LogP contribution in [-0.4, -0.2) is 36.8 Å². The molecule has 1 aromatic carbocycles. The number of nitrogens with one attached hydrogen (secondary N) is 1. The number of piperidine rings is 1. The van der Waals surface area contributed by atoms with Crippen LogP contribution in [0.2, 0.25) is 0 Å². The van der Waals surface area contributed by atoms with E-state index in [2.05, 4.69) is 26.0 Å². The molecule has 1 heterocycles. The lowest BCUT2D eigenvalue weighted by molar-refractivity contribution is -0.274. The maximum atomic E-state index is 12.1. The second kappa shape index (κ2) is 6.41. The van der Waals surface area contributed by atoms with Gasteiger partial charge < -0.3 is 19.9 Å². The molecular formula is C13H15BrF3NO3. The highest BCUT2D eigenvalue weighted by atomic mass is 79.9. The monoisotopic (exact) mass is 369 g/mol. The summed E-state index contributed by atoms with van der Waals surface area (Å²) in [5.74, 6) is 0.0267. The Morgan fingerprint density at radius 2 is 1.95 bits per heavy atom. The van der Waals surface area contributed by atoms with Crippen LogP contribution >= 0.6 is 15.9 Å². The number of rotatable bonds is 4. The number of ether oxygens (including phenoxy) is 2. The molecule has 2 rings (SSSR count). The number of hydrogen-bond donors (Lipinski definition) is 2. The number of aliphatic hydroxyl groups is 1. The second-order valence-corrected chi connectivity index (χ2v) is 5.76. The van der Waals surface area contributed by atoms with Crippen LogP contribution in [0.4, 0.5) is 13.2 Å². The molecule has 0 spiro atoms. The maximum Gasteiger partial charge on any atom is 0.573 e. The number of halogens is 4. The highest BCUT2D eigenvalue weighted by Crippen LogP contribution is 2.33. The molecule has 0 amide bonds. The van der Waals surface area contributed by atoms with Crippen LogP contribution in [0.1, 0.15) is 12.8 Å². The van der Waals surface area contributed by atoms with Gasteiger partial charge in [-0.05, 0) is 60.1 Å². The first-order chi connectivity index (χ1) is 9.77. The van der Waals surface area contributed by atoms with Gasteiger partial charge in [0.1, 0.15) is 23.7 Å². The van der Waals surface area contributed by atoms with E-state index in [-0.39, 0.29) is 16.8 Å². The van der Waals surface area contributed by atoms with E-state index in [1.807, 2.05) is 0 Å². The van der Waals surface area contributed by atoms with Gasteiger partial charge in [-0.25, -0.2) is 0 Å². The standard InChI is InChI=1S/C13H15BrF3NO3/c14-10-7-9(1-2-11(10)21-13(15,16)17)20-8-12(19)3-5-18-6-4-12/h1-2,7,18-19H,3-6,8H2. The van der Waals surface area contributed by atoms with Crippen molar-refractivity contribution in [3.05, 3.63) is 22.7 Å². The average molecular weight is 370 g/mol. The third-order valence-electron chi connectivity index (χ3n) is 3.17. The van der Waals surface area contributed by atoms with Gasteiger partial charge in [0, 0.05) is 0 Å². The van der Waals surface area contributed by atoms with Crippen molar-refractivity contribution < 1.29 is 27.8 Å². The van der Waals surface area contributed by atoms with E-state index in [0.29, 0.717) is 31.7 Å². The number of alkyl halides is 3. The Labute approximate surface area is 128 Å². The van der Waals surface area contributed by atoms with Crippen molar-refractivity contribution >= 4 is 15.9 Å². The molecule has 0 radical (unpaired) electrons. The fourth-order valence-electron chi connectivity index (χ4n) is 2.03. The van der Waals surface area contributed by atoms with E-state index in [1.54, 1.807) is 0 Å². The first-order valence-electron chi connectivity index (χ1n) is 6.39. The SMILES string of the molecule is OC1(COc2ccc(OC(F)(F)F)c(Br)c2)CCNCC1. The highest BCUT2D eigenvalue weighted by molar-refractivity contribution is 9.10. The van der Waals surface area contributed by atoms with Gasteiger partial charge in [0.25, 0.3) is 0 Å². The predicted octanol–water partition coefficient (Wildman–Crippen LogP) is 2.84. The molecule has 2 N–H and O–H groups in total. The van der Waals surface area contributed by atoms with Crippen molar-refractivity contribution in [2.75, 3.05) is 19.7 Å². The lowest BCUT2D eigenvalue weighted by atomic mass is 9.94. The third kappa shape index (κ3) is 5.05. The van der Waals surface area contributed by atoms with E-state index in [9.17, 15) is 18.3 Å². The molecule has 8 heteroatoms. The second-order valence-electron chi connectivity index (χ2n) is 4.90. The zero-order chi connectivity index (χ0) is 15.5. The summed E-state index contributed by atoms with van der Waals surface area (Å²) in [7, 11) is 0. The van der Waals surface area contributed by atoms with Crippen molar-refractivity contribution in [1.82, 2.24) is 5.32 Å². The van der Waals surface area contributed by atoms with Gasteiger partial charge in [-0.3, -0.25) is 0 Å². The summed E-state index contributed by atoms with van der Waals surface area (Å²) < 4.78 is 45.9. The quantitative estimate of drug-likeness (QED) is 0.856. The predicted molar refractivity (Wildman–Crippen MR) is 73.4 cm³/mol. The van der Waals surface area contributed by atoms with Crippen molar-refractivity contribution in [1.29, 1.82) is 0 Å². The van der Waals surface area contributed by atoms with Crippen LogP contribution < -0.4 is 14.8 Å². The fourth-order valence-corrected chi connectivity index (χ4v) is 2.47. The molecule has 0 bridgehead atoms. The highest BCUT2D eigenvalue weighted by Gasteiger charge is 2.32. The van der Waals surface area contributed by atoms with Crippen LogP contribution in [0, 0.1) is 0 Å². The first kappa shape index (κ1) is 16.4. The average Bonchev–Trinajstić information content (AvgIpc) is 2.39. The van der Waals surface area contributed by atoms with Gasteiger partial charge in [0.15, 0.2) is 0 Å². The summed E-state index contributed by atoms with van der Waals surface area (Å²) in [6, 6.07) is 3.92. The topological polar surface area (TPSA) is 50.7 Å². The van der Waals surface area contributed by atoms with Crippen LogP contribution in [0.3, 0.4) is 0 Å². The van der Waals surface area contributed by atoms with Gasteiger partial charge in [0.2, 0.25) is 0 Å². The normalized spacial score (nSPS) is 18.3. The van der Waals surface area contributed by atoms with E-state index in [4.69, 9.17) is 4.74 Å². The summed E-state index contributed by atoms with van der Waals surface area (Å²) in [5, 5.41) is 13.4. The van der Waals surface area contributed by atoms with E-state index in [0.717, 1.165) is 0 Å². The minimum Gasteiger partial charge on any atom is -0.491 e. The summed E-state index contributed by atoms with van der Waals surface area (Å²) in [6.07, 6.45) is -3.60. The maximum absolute atomic E-state index is 12.1. The smallest absolute Gasteiger partial charge is 0.491 e. The lowest BCUT2D eigenvalue weighted by Gasteiger charge is -2.32. The van der Waals surface area contributed by atoms with Gasteiger partial charge >= 0.3 is 6.36 Å². The molecule has 0 saturated carbocycles. The van der Waals surface area contributed by atoms with Crippen molar-refractivity contribution in [2.45, 2.75) is 24.8 Å². The summed E-state index contributed by atoms with van der Waals surface area (Å²) >= 11 is 3.00. The molecule has 21 heavy (non-hydrogen) atoms. The third-order valence-corrected chi connectivity index (χ3v) is 3.79. The minimum atomic E-state index is -4.74. The number of benzene rings is 1. The molecule has 0 unspecified atom stereocenters. The number of hydrogen-bond acceptors (Lipinski definition) is 4. The van der Waals surface area contributed by atoms with Gasteiger partial charge in [0.05, 0.1) is 4.47 Å². The van der Waals surface area contributed by atoms with Crippen molar-refractivity contribution in [2.24, 2.45) is 0 Å². The van der Waals surface area contributed by atoms with E-state index < -0.39 is 12.0 Å². The Morgan fingerprint density at radius 1 is 1.29 bits per heavy atom. The molecule has 1 aliphatic heterocycles. The molecule has 118 valence electrons. The Hall–Kier alpha value is -0.990. The Bertz CT molecular complexity index is 490. The van der Waals surface area contributed by atoms with Gasteiger partial charge in [-0.1, -0.05) is 0 Å². The molecule has 0 aromatic heterocycles. The van der Waals surface area contributed by atoms with E-state index >= 15 is 0 Å². The Kier molecular flexibility index (Phi) is 5.00. The van der Waals surface area contributed by atoms with Crippen LogP contribution in [0.5, 0.6) is 11.5 Å². The zero-order valence-corrected chi connectivity index (χ0v) is 12.6. The van der Waals surface area contributed by atoms with Crippen LogP contribution in [0.25, 0.3) is 0 Å². The molecule has 1 saturated heterocycles. The Balaban J connectivity index is 1.97. The molecular weight excluding hydrogens is 355 g/mol. The largest absolute Gasteiger partial charge is 0.573 e. The first-order valence-corrected chi connectivity index (χ1v) is 7.18. The lowest BCUT2D eigenvalue weighted by Crippen LogP contribution is -2.45. The van der Waals surface area contributed by atoms with E-state index in [1.165, 1.54) is 18.2 Å². The Morgan fingerprint density at radius 3 is 2.52 bits per heavy atom.